The van der Waals surface area contributed by atoms with Crippen LogP contribution in [-0.2, 0) is 4.79 Å². The van der Waals surface area contributed by atoms with Gasteiger partial charge in [-0.3, -0.25) is 4.79 Å². The fourth-order valence-corrected chi connectivity index (χ4v) is 2.05. The summed E-state index contributed by atoms with van der Waals surface area (Å²) < 4.78 is 5.50. The van der Waals surface area contributed by atoms with Gasteiger partial charge >= 0.3 is 0 Å². The number of ether oxygens (including phenoxy) is 1. The maximum Gasteiger partial charge on any atom is 0.260 e. The van der Waals surface area contributed by atoms with Gasteiger partial charge in [0.15, 0.2) is 6.61 Å². The molecular formula is C18H21NO2. The zero-order chi connectivity index (χ0) is 15.2. The fraction of sp³-hybridized carbons (Fsp3) is 0.278. The molecule has 21 heavy (non-hydrogen) atoms. The lowest BCUT2D eigenvalue weighted by atomic mass is 10.1. The van der Waals surface area contributed by atoms with Gasteiger partial charge in [0, 0.05) is 7.05 Å². The highest BCUT2D eigenvalue weighted by molar-refractivity contribution is 5.78. The van der Waals surface area contributed by atoms with Crippen LogP contribution in [0.3, 0.4) is 0 Å². The van der Waals surface area contributed by atoms with Gasteiger partial charge in [-0.1, -0.05) is 48.0 Å². The van der Waals surface area contributed by atoms with E-state index >= 15 is 0 Å². The molecular weight excluding hydrogens is 262 g/mol. The quantitative estimate of drug-likeness (QED) is 0.839. The Morgan fingerprint density at radius 1 is 1.10 bits per heavy atom. The van der Waals surface area contributed by atoms with Crippen molar-refractivity contribution in [1.29, 1.82) is 0 Å². The van der Waals surface area contributed by atoms with Crippen molar-refractivity contribution in [2.24, 2.45) is 0 Å². The van der Waals surface area contributed by atoms with Gasteiger partial charge in [0.25, 0.3) is 5.91 Å². The third kappa shape index (κ3) is 4.09. The lowest BCUT2D eigenvalue weighted by Gasteiger charge is -2.25. The van der Waals surface area contributed by atoms with Crippen LogP contribution in [0.25, 0.3) is 0 Å². The summed E-state index contributed by atoms with van der Waals surface area (Å²) in [4.78, 5) is 13.9. The summed E-state index contributed by atoms with van der Waals surface area (Å²) >= 11 is 0. The van der Waals surface area contributed by atoms with Gasteiger partial charge in [-0.25, -0.2) is 0 Å². The Morgan fingerprint density at radius 2 is 1.71 bits per heavy atom. The summed E-state index contributed by atoms with van der Waals surface area (Å²) in [6.45, 7) is 4.12. The second-order valence-electron chi connectivity index (χ2n) is 5.19. The van der Waals surface area contributed by atoms with Gasteiger partial charge in [0.2, 0.25) is 0 Å². The predicted molar refractivity (Wildman–Crippen MR) is 84.3 cm³/mol. The second-order valence-corrected chi connectivity index (χ2v) is 5.19. The molecule has 0 radical (unpaired) electrons. The monoisotopic (exact) mass is 283 g/mol. The number of likely N-dealkylation sites (N-methyl/N-ethyl adjacent to an activating group) is 1. The van der Waals surface area contributed by atoms with E-state index in [4.69, 9.17) is 4.74 Å². The van der Waals surface area contributed by atoms with Crippen LogP contribution >= 0.6 is 0 Å². The molecule has 2 rings (SSSR count). The third-order valence-corrected chi connectivity index (χ3v) is 3.64. The molecule has 3 heteroatoms. The normalized spacial score (nSPS) is 11.8. The molecule has 3 nitrogen and oxygen atoms in total. The minimum absolute atomic E-state index is 0.0254. The predicted octanol–water partition coefficient (Wildman–Crippen LogP) is 3.59. The first kappa shape index (κ1) is 15.1. The summed E-state index contributed by atoms with van der Waals surface area (Å²) in [7, 11) is 1.81. The highest BCUT2D eigenvalue weighted by atomic mass is 16.5. The van der Waals surface area contributed by atoms with Crippen molar-refractivity contribution >= 4 is 5.91 Å². The van der Waals surface area contributed by atoms with Crippen molar-refractivity contribution in [3.05, 3.63) is 65.7 Å². The smallest absolute Gasteiger partial charge is 0.260 e. The van der Waals surface area contributed by atoms with E-state index < -0.39 is 0 Å². The highest BCUT2D eigenvalue weighted by Gasteiger charge is 2.17. The van der Waals surface area contributed by atoms with Crippen LogP contribution in [0.2, 0.25) is 0 Å². The van der Waals surface area contributed by atoms with Crippen molar-refractivity contribution in [2.45, 2.75) is 19.9 Å². The number of carbonyl (C=O) groups is 1. The Kier molecular flexibility index (Phi) is 4.99. The fourth-order valence-electron chi connectivity index (χ4n) is 2.05. The van der Waals surface area contributed by atoms with Crippen LogP contribution in [-0.4, -0.2) is 24.5 Å². The van der Waals surface area contributed by atoms with Crippen molar-refractivity contribution in [3.8, 4) is 5.75 Å². The Bertz CT molecular complexity index is 578. The number of para-hydroxylation sites is 1. The average Bonchev–Trinajstić information content (AvgIpc) is 2.53. The van der Waals surface area contributed by atoms with E-state index in [1.807, 2.05) is 37.3 Å². The maximum absolute atomic E-state index is 12.2. The number of nitrogens with zero attached hydrogens (tertiary/aromatic N) is 1. The van der Waals surface area contributed by atoms with Gasteiger partial charge in [-0.05, 0) is 31.5 Å². The minimum Gasteiger partial charge on any atom is -0.484 e. The van der Waals surface area contributed by atoms with E-state index in [0.29, 0.717) is 5.75 Å². The molecule has 0 aliphatic rings. The summed E-state index contributed by atoms with van der Waals surface area (Å²) in [6, 6.07) is 17.6. The molecule has 0 spiro atoms. The zero-order valence-corrected chi connectivity index (χ0v) is 12.7. The number of hydrogen-bond acceptors (Lipinski definition) is 2. The van der Waals surface area contributed by atoms with Gasteiger partial charge in [-0.15, -0.1) is 0 Å². The minimum atomic E-state index is -0.0353. The molecule has 0 bridgehead atoms. The van der Waals surface area contributed by atoms with Gasteiger partial charge in [-0.2, -0.15) is 0 Å². The van der Waals surface area contributed by atoms with Gasteiger partial charge < -0.3 is 9.64 Å². The van der Waals surface area contributed by atoms with E-state index in [1.54, 1.807) is 11.9 Å². The highest BCUT2D eigenvalue weighted by Crippen LogP contribution is 2.19. The summed E-state index contributed by atoms with van der Waals surface area (Å²) in [5, 5.41) is 0. The molecule has 0 fully saturated rings. The molecule has 0 N–H and O–H groups in total. The molecule has 0 aliphatic heterocycles. The van der Waals surface area contributed by atoms with Crippen LogP contribution in [0.5, 0.6) is 5.75 Å². The molecule has 2 aromatic carbocycles. The summed E-state index contributed by atoms with van der Waals surface area (Å²) in [5.74, 6) is 0.675. The Morgan fingerprint density at radius 3 is 2.33 bits per heavy atom. The largest absolute Gasteiger partial charge is 0.484 e. The molecule has 2 aromatic rings. The van der Waals surface area contributed by atoms with E-state index in [-0.39, 0.29) is 18.6 Å². The van der Waals surface area contributed by atoms with Crippen molar-refractivity contribution in [1.82, 2.24) is 4.90 Å². The van der Waals surface area contributed by atoms with Crippen LogP contribution in [0.4, 0.5) is 0 Å². The second kappa shape index (κ2) is 6.93. The molecule has 1 unspecified atom stereocenters. The van der Waals surface area contributed by atoms with Crippen molar-refractivity contribution < 1.29 is 9.53 Å². The van der Waals surface area contributed by atoms with Crippen LogP contribution in [0, 0.1) is 6.92 Å². The number of aryl methyl sites for hydroxylation is 1. The zero-order valence-electron chi connectivity index (χ0n) is 12.7. The molecule has 0 saturated carbocycles. The van der Waals surface area contributed by atoms with E-state index in [9.17, 15) is 4.79 Å². The standard InChI is InChI=1S/C18H21NO2/c1-14-9-11-16(12-10-14)15(2)19(3)18(20)13-21-17-7-5-4-6-8-17/h4-12,15H,13H2,1-3H3. The first-order valence-electron chi connectivity index (χ1n) is 7.08. The Hall–Kier alpha value is -2.29. The number of amides is 1. The topological polar surface area (TPSA) is 29.5 Å². The molecule has 0 aliphatic carbocycles. The van der Waals surface area contributed by atoms with E-state index in [1.165, 1.54) is 5.56 Å². The van der Waals surface area contributed by atoms with Gasteiger partial charge in [0.1, 0.15) is 5.75 Å². The number of hydrogen-bond donors (Lipinski definition) is 0. The van der Waals surface area contributed by atoms with Crippen molar-refractivity contribution in [2.75, 3.05) is 13.7 Å². The number of benzene rings is 2. The molecule has 0 saturated heterocycles. The molecule has 0 heterocycles. The van der Waals surface area contributed by atoms with Crippen LogP contribution in [0.15, 0.2) is 54.6 Å². The number of carbonyl (C=O) groups excluding carboxylic acids is 1. The average molecular weight is 283 g/mol. The van der Waals surface area contributed by atoms with Gasteiger partial charge in [0.05, 0.1) is 6.04 Å². The summed E-state index contributed by atoms with van der Waals surface area (Å²) in [6.07, 6.45) is 0. The SMILES string of the molecule is Cc1ccc(C(C)N(C)C(=O)COc2ccccc2)cc1. The molecule has 0 aromatic heterocycles. The lowest BCUT2D eigenvalue weighted by molar-refractivity contribution is -0.134. The maximum atomic E-state index is 12.2. The van der Waals surface area contributed by atoms with E-state index in [0.717, 1.165) is 5.56 Å². The Balaban J connectivity index is 1.94. The van der Waals surface area contributed by atoms with E-state index in [2.05, 4.69) is 31.2 Å². The third-order valence-electron chi connectivity index (χ3n) is 3.64. The molecule has 1 amide bonds. The van der Waals surface area contributed by atoms with Crippen molar-refractivity contribution in [3.63, 3.8) is 0 Å². The molecule has 1 atom stereocenters. The van der Waals surface area contributed by atoms with Crippen LogP contribution < -0.4 is 4.74 Å². The first-order valence-corrected chi connectivity index (χ1v) is 7.08. The first-order chi connectivity index (χ1) is 10.1. The number of rotatable bonds is 5. The lowest BCUT2D eigenvalue weighted by Crippen LogP contribution is -2.33. The molecule has 110 valence electrons. The Labute approximate surface area is 126 Å². The summed E-state index contributed by atoms with van der Waals surface area (Å²) in [5.41, 5.74) is 2.34. The van der Waals surface area contributed by atoms with Crippen LogP contribution in [0.1, 0.15) is 24.1 Å².